The maximum Gasteiger partial charge on any atom is 0.246 e. The molecule has 0 aliphatic rings. The molecule has 7 heteroatoms. The monoisotopic (exact) mass is 472 g/mol. The number of carbonyl (C=O) groups is 1. The topological polar surface area (TPSA) is 76.1 Å². The molecule has 2 N–H and O–H groups in total. The predicted octanol–water partition coefficient (Wildman–Crippen LogP) is 6.14. The number of carbonyl (C=O) groups excluding carboxylic acids is 1. The standard InChI is InChI=1S/C27H25ClN4O2/c1-17-4-11-22(14-18(17)2)29-16-26(33)32-27-30-24(19-5-9-21(28)10-6-19)15-25(31-27)20-7-12-23(34-3)13-8-20/h4-15,29H,16H2,1-3H3,(H,30,31,32,33). The van der Waals surface area contributed by atoms with Crippen molar-refractivity contribution >= 4 is 29.1 Å². The Hall–Kier alpha value is -3.90. The maximum absolute atomic E-state index is 12.7. The van der Waals surface area contributed by atoms with Gasteiger partial charge in [0.25, 0.3) is 0 Å². The van der Waals surface area contributed by atoms with Gasteiger partial charge in [0, 0.05) is 21.8 Å². The van der Waals surface area contributed by atoms with Crippen molar-refractivity contribution in [3.63, 3.8) is 0 Å². The van der Waals surface area contributed by atoms with E-state index in [0.29, 0.717) is 16.4 Å². The lowest BCUT2D eigenvalue weighted by Gasteiger charge is -2.11. The van der Waals surface area contributed by atoms with Crippen molar-refractivity contribution in [1.82, 2.24) is 9.97 Å². The minimum Gasteiger partial charge on any atom is -0.497 e. The summed E-state index contributed by atoms with van der Waals surface area (Å²) in [6, 6.07) is 22.8. The maximum atomic E-state index is 12.7. The van der Waals surface area contributed by atoms with Crippen molar-refractivity contribution in [3.8, 4) is 28.3 Å². The van der Waals surface area contributed by atoms with Gasteiger partial charge < -0.3 is 10.1 Å². The quantitative estimate of drug-likeness (QED) is 0.338. The average molecular weight is 473 g/mol. The molecule has 4 rings (SSSR count). The molecule has 34 heavy (non-hydrogen) atoms. The summed E-state index contributed by atoms with van der Waals surface area (Å²) in [6.07, 6.45) is 0. The van der Waals surface area contributed by atoms with Crippen LogP contribution >= 0.6 is 11.6 Å². The molecule has 0 bridgehead atoms. The van der Waals surface area contributed by atoms with Gasteiger partial charge >= 0.3 is 0 Å². The highest BCUT2D eigenvalue weighted by molar-refractivity contribution is 6.30. The second-order valence-corrected chi connectivity index (χ2v) is 8.33. The molecule has 3 aromatic carbocycles. The molecule has 0 aliphatic heterocycles. The van der Waals surface area contributed by atoms with Gasteiger partial charge in [-0.1, -0.05) is 29.8 Å². The highest BCUT2D eigenvalue weighted by Gasteiger charge is 2.12. The van der Waals surface area contributed by atoms with E-state index in [4.69, 9.17) is 16.3 Å². The fraction of sp³-hybridized carbons (Fsp3) is 0.148. The van der Waals surface area contributed by atoms with Crippen molar-refractivity contribution in [2.75, 3.05) is 24.3 Å². The van der Waals surface area contributed by atoms with Crippen LogP contribution in [0.25, 0.3) is 22.5 Å². The first-order valence-electron chi connectivity index (χ1n) is 10.8. The lowest BCUT2D eigenvalue weighted by molar-refractivity contribution is -0.114. The Balaban J connectivity index is 1.59. The van der Waals surface area contributed by atoms with E-state index in [0.717, 1.165) is 28.1 Å². The molecule has 4 aromatic rings. The van der Waals surface area contributed by atoms with E-state index >= 15 is 0 Å². The normalized spacial score (nSPS) is 10.6. The third-order valence-electron chi connectivity index (χ3n) is 5.46. The first-order chi connectivity index (χ1) is 16.4. The summed E-state index contributed by atoms with van der Waals surface area (Å²) < 4.78 is 5.25. The van der Waals surface area contributed by atoms with Gasteiger partial charge in [-0.3, -0.25) is 10.1 Å². The zero-order valence-electron chi connectivity index (χ0n) is 19.2. The van der Waals surface area contributed by atoms with E-state index in [-0.39, 0.29) is 18.4 Å². The van der Waals surface area contributed by atoms with E-state index in [1.165, 1.54) is 5.56 Å². The smallest absolute Gasteiger partial charge is 0.246 e. The van der Waals surface area contributed by atoms with Crippen LogP contribution in [0.4, 0.5) is 11.6 Å². The Morgan fingerprint density at radius 3 is 2.06 bits per heavy atom. The average Bonchev–Trinajstić information content (AvgIpc) is 2.85. The number of benzene rings is 3. The number of halogens is 1. The number of aromatic nitrogens is 2. The molecule has 172 valence electrons. The van der Waals surface area contributed by atoms with Crippen molar-refractivity contribution < 1.29 is 9.53 Å². The number of hydrogen-bond acceptors (Lipinski definition) is 5. The molecule has 1 heterocycles. The van der Waals surface area contributed by atoms with Crippen LogP contribution in [0.3, 0.4) is 0 Å². The van der Waals surface area contributed by atoms with Crippen molar-refractivity contribution in [3.05, 3.63) is 88.9 Å². The van der Waals surface area contributed by atoms with Crippen LogP contribution in [0.2, 0.25) is 5.02 Å². The molecule has 1 aromatic heterocycles. The van der Waals surface area contributed by atoms with Crippen molar-refractivity contribution in [2.45, 2.75) is 13.8 Å². The van der Waals surface area contributed by atoms with Gasteiger partial charge in [0.1, 0.15) is 5.75 Å². The van der Waals surface area contributed by atoms with Crippen LogP contribution in [0.1, 0.15) is 11.1 Å². The molecule has 0 aliphatic carbocycles. The molecule has 1 amide bonds. The van der Waals surface area contributed by atoms with Crippen LogP contribution in [0.15, 0.2) is 72.8 Å². The number of anilines is 2. The van der Waals surface area contributed by atoms with Gasteiger partial charge in [0.15, 0.2) is 0 Å². The second-order valence-electron chi connectivity index (χ2n) is 7.90. The SMILES string of the molecule is COc1ccc(-c2cc(-c3ccc(Cl)cc3)nc(NC(=O)CNc3ccc(C)c(C)c3)n2)cc1. The predicted molar refractivity (Wildman–Crippen MR) is 138 cm³/mol. The minimum atomic E-state index is -0.243. The molecule has 6 nitrogen and oxygen atoms in total. The molecule has 0 saturated carbocycles. The Kier molecular flexibility index (Phi) is 7.09. The fourth-order valence-corrected chi connectivity index (χ4v) is 3.51. The van der Waals surface area contributed by atoms with Crippen LogP contribution in [-0.4, -0.2) is 29.5 Å². The number of ether oxygens (including phenoxy) is 1. The summed E-state index contributed by atoms with van der Waals surface area (Å²) >= 11 is 6.05. The zero-order chi connectivity index (χ0) is 24.1. The van der Waals surface area contributed by atoms with E-state index in [1.54, 1.807) is 19.2 Å². The number of rotatable bonds is 7. The Bertz CT molecular complexity index is 1310. The third kappa shape index (κ3) is 5.71. The number of methoxy groups -OCH3 is 1. The number of nitrogens with one attached hydrogen (secondary N) is 2. The third-order valence-corrected chi connectivity index (χ3v) is 5.72. The first kappa shape index (κ1) is 23.3. The van der Waals surface area contributed by atoms with E-state index in [9.17, 15) is 4.79 Å². The first-order valence-corrected chi connectivity index (χ1v) is 11.2. The van der Waals surface area contributed by atoms with E-state index < -0.39 is 0 Å². The van der Waals surface area contributed by atoms with Gasteiger partial charge in [-0.2, -0.15) is 0 Å². The van der Waals surface area contributed by atoms with Crippen molar-refractivity contribution in [2.24, 2.45) is 0 Å². The number of hydrogen-bond donors (Lipinski definition) is 2. The fourth-order valence-electron chi connectivity index (χ4n) is 3.38. The van der Waals surface area contributed by atoms with Gasteiger partial charge in [0.2, 0.25) is 11.9 Å². The van der Waals surface area contributed by atoms with E-state index in [2.05, 4.69) is 27.5 Å². The molecule has 0 radical (unpaired) electrons. The van der Waals surface area contributed by atoms with Gasteiger partial charge in [-0.25, -0.2) is 9.97 Å². The summed E-state index contributed by atoms with van der Waals surface area (Å²) in [7, 11) is 1.62. The summed E-state index contributed by atoms with van der Waals surface area (Å²) in [5, 5.41) is 6.60. The van der Waals surface area contributed by atoms with Crippen LogP contribution < -0.4 is 15.4 Å². The summed E-state index contributed by atoms with van der Waals surface area (Å²) in [6.45, 7) is 4.18. The van der Waals surface area contributed by atoms with Crippen LogP contribution in [-0.2, 0) is 4.79 Å². The molecule has 0 spiro atoms. The molecule has 0 saturated heterocycles. The summed E-state index contributed by atoms with van der Waals surface area (Å²) in [5.74, 6) is 0.735. The molecule has 0 atom stereocenters. The van der Waals surface area contributed by atoms with Crippen LogP contribution in [0.5, 0.6) is 5.75 Å². The summed E-state index contributed by atoms with van der Waals surface area (Å²) in [4.78, 5) is 21.8. The molecular formula is C27H25ClN4O2. The molecule has 0 fully saturated rings. The lowest BCUT2D eigenvalue weighted by atomic mass is 10.1. The Labute approximate surface area is 204 Å². The Morgan fingerprint density at radius 2 is 1.47 bits per heavy atom. The summed E-state index contributed by atoms with van der Waals surface area (Å²) in [5.41, 5.74) is 6.34. The number of amides is 1. The minimum absolute atomic E-state index is 0.0922. The lowest BCUT2D eigenvalue weighted by Crippen LogP contribution is -2.23. The highest BCUT2D eigenvalue weighted by Crippen LogP contribution is 2.27. The Morgan fingerprint density at radius 1 is 0.853 bits per heavy atom. The van der Waals surface area contributed by atoms with Crippen molar-refractivity contribution in [1.29, 1.82) is 0 Å². The van der Waals surface area contributed by atoms with Gasteiger partial charge in [-0.05, 0) is 79.6 Å². The second kappa shape index (κ2) is 10.4. The molecule has 0 unspecified atom stereocenters. The molecular weight excluding hydrogens is 448 g/mol. The zero-order valence-corrected chi connectivity index (χ0v) is 20.0. The number of aryl methyl sites for hydroxylation is 2. The van der Waals surface area contributed by atoms with E-state index in [1.807, 2.05) is 67.6 Å². The van der Waals surface area contributed by atoms with Gasteiger partial charge in [0.05, 0.1) is 25.0 Å². The van der Waals surface area contributed by atoms with Gasteiger partial charge in [-0.15, -0.1) is 0 Å². The van der Waals surface area contributed by atoms with Crippen LogP contribution in [0, 0.1) is 13.8 Å². The number of nitrogens with zero attached hydrogens (tertiary/aromatic N) is 2. The largest absolute Gasteiger partial charge is 0.497 e. The highest BCUT2D eigenvalue weighted by atomic mass is 35.5.